The fourth-order valence-corrected chi connectivity index (χ4v) is 1.28. The summed E-state index contributed by atoms with van der Waals surface area (Å²) in [5.74, 6) is -53.9. The highest BCUT2D eigenvalue weighted by Gasteiger charge is 2.93. The number of esters is 1. The van der Waals surface area contributed by atoms with Gasteiger partial charge in [-0.15, -0.1) is 13.2 Å². The van der Waals surface area contributed by atoms with Crippen LogP contribution in [0.5, 0.6) is 0 Å². The first kappa shape index (κ1) is 27.2. The van der Waals surface area contributed by atoms with E-state index in [4.69, 9.17) is 5.11 Å². The molecule has 1 atom stereocenters. The Morgan fingerprint density at radius 2 is 0.862 bits per heavy atom. The summed E-state index contributed by atoms with van der Waals surface area (Å²) in [6, 6.07) is 0. The third-order valence-electron chi connectivity index (χ3n) is 2.84. The van der Waals surface area contributed by atoms with Gasteiger partial charge in [0, 0.05) is 0 Å². The van der Waals surface area contributed by atoms with Crippen molar-refractivity contribution in [1.82, 2.24) is 0 Å². The van der Waals surface area contributed by atoms with Crippen LogP contribution in [0.1, 0.15) is 0 Å². The third kappa shape index (κ3) is 3.86. The second kappa shape index (κ2) is 6.62. The molecule has 0 aliphatic rings. The van der Waals surface area contributed by atoms with Crippen LogP contribution in [0, 0.1) is 0 Å². The fourth-order valence-electron chi connectivity index (χ4n) is 1.28. The molecule has 0 radical (unpaired) electrons. The molecule has 1 unspecified atom stereocenters. The average molecular weight is 480 g/mol. The van der Waals surface area contributed by atoms with Crippen molar-refractivity contribution in [2.75, 3.05) is 0 Å². The molecule has 0 aliphatic carbocycles. The normalized spacial score (nSPS) is 17.7. The maximum absolute atomic E-state index is 13.2. The van der Waals surface area contributed by atoms with Crippen molar-refractivity contribution < 1.29 is 89.3 Å². The van der Waals surface area contributed by atoms with Crippen molar-refractivity contribution in [3.05, 3.63) is 0 Å². The number of halogens is 17. The highest BCUT2D eigenvalue weighted by atomic mass is 19.4. The Hall–Kier alpha value is -1.76. The predicted molar refractivity (Wildman–Crippen MR) is 49.0 cm³/mol. The molecule has 0 aromatic heterocycles. The van der Waals surface area contributed by atoms with Gasteiger partial charge in [-0.2, -0.15) is 61.5 Å². The van der Waals surface area contributed by atoms with Crippen molar-refractivity contribution >= 4 is 5.97 Å². The van der Waals surface area contributed by atoms with Crippen molar-refractivity contribution in [2.45, 2.75) is 48.0 Å². The lowest BCUT2D eigenvalue weighted by Gasteiger charge is -2.41. The number of hydrogen-bond acceptors (Lipinski definition) is 3. The quantitative estimate of drug-likeness (QED) is 0.452. The van der Waals surface area contributed by atoms with Gasteiger partial charge >= 0.3 is 54.0 Å². The molecule has 20 heteroatoms. The first-order valence-corrected chi connectivity index (χ1v) is 5.80. The van der Waals surface area contributed by atoms with Gasteiger partial charge in [-0.1, -0.05) is 0 Å². The lowest BCUT2D eigenvalue weighted by molar-refractivity contribution is -0.460. The maximum atomic E-state index is 13.2. The fraction of sp³-hybridized carbons (Fsp3) is 0.889. The first-order valence-electron chi connectivity index (χ1n) is 5.80. The smallest absolute Gasteiger partial charge is 0.368 e. The first-order chi connectivity index (χ1) is 12.1. The standard InChI is InChI=1S/C9HF17O3/c10-2(11,1(27)29-9(24,25)26)7(20,28)5(16,17)3(12,13)4(14,15)6(18,19)8(21,22)23/h28H. The lowest BCUT2D eigenvalue weighted by Crippen LogP contribution is -2.74. The number of alkyl halides is 17. The van der Waals surface area contributed by atoms with E-state index in [2.05, 4.69) is 0 Å². The molecule has 0 rings (SSSR count). The van der Waals surface area contributed by atoms with Crippen molar-refractivity contribution in [3.8, 4) is 0 Å². The molecule has 0 fully saturated rings. The summed E-state index contributed by atoms with van der Waals surface area (Å²) in [6.45, 7) is 0. The predicted octanol–water partition coefficient (Wildman–Crippen LogP) is 4.45. The van der Waals surface area contributed by atoms with Gasteiger partial charge in [0.2, 0.25) is 0 Å². The van der Waals surface area contributed by atoms with E-state index in [1.807, 2.05) is 0 Å². The summed E-state index contributed by atoms with van der Waals surface area (Å²) < 4.78 is 214. The van der Waals surface area contributed by atoms with Crippen LogP contribution in [0.15, 0.2) is 0 Å². The summed E-state index contributed by atoms with van der Waals surface area (Å²) in [5.41, 5.74) is 0. The Kier molecular flexibility index (Phi) is 6.22. The SMILES string of the molecule is O=C(OC(F)(F)F)C(F)(F)C(O)(F)C(F)(F)C(F)(F)C(F)(F)C(F)(F)C(F)(F)F. The van der Waals surface area contributed by atoms with Crippen molar-refractivity contribution in [2.24, 2.45) is 0 Å². The number of hydrogen-bond donors (Lipinski definition) is 1. The molecule has 0 aromatic rings. The zero-order valence-corrected chi connectivity index (χ0v) is 12.2. The molecule has 0 heterocycles. The number of rotatable bonds is 6. The molecule has 0 aliphatic heterocycles. The van der Waals surface area contributed by atoms with Gasteiger partial charge in [0.15, 0.2) is 0 Å². The van der Waals surface area contributed by atoms with Gasteiger partial charge in [-0.05, 0) is 0 Å². The molecule has 0 saturated carbocycles. The zero-order valence-electron chi connectivity index (χ0n) is 12.2. The van der Waals surface area contributed by atoms with Crippen LogP contribution >= 0.6 is 0 Å². The largest absolute Gasteiger partial charge is 0.575 e. The summed E-state index contributed by atoms with van der Waals surface area (Å²) in [7, 11) is 0. The number of ether oxygens (including phenoxy) is 1. The number of carbonyl (C=O) groups is 1. The summed E-state index contributed by atoms with van der Waals surface area (Å²) in [6.07, 6.45) is -14.4. The Morgan fingerprint density at radius 3 is 1.14 bits per heavy atom. The van der Waals surface area contributed by atoms with E-state index in [9.17, 15) is 79.4 Å². The third-order valence-corrected chi connectivity index (χ3v) is 2.84. The van der Waals surface area contributed by atoms with E-state index >= 15 is 0 Å². The molecule has 29 heavy (non-hydrogen) atoms. The second-order valence-electron chi connectivity index (χ2n) is 4.83. The topological polar surface area (TPSA) is 46.5 Å². The Balaban J connectivity index is 6.54. The van der Waals surface area contributed by atoms with Crippen LogP contribution in [-0.4, -0.2) is 59.1 Å². The van der Waals surface area contributed by atoms with Gasteiger partial charge in [-0.25, -0.2) is 4.79 Å². The Labute approximate surface area is 145 Å². The molecule has 0 spiro atoms. The van der Waals surface area contributed by atoms with Gasteiger partial charge in [0.05, 0.1) is 0 Å². The number of carbonyl (C=O) groups excluding carboxylic acids is 1. The molecule has 0 saturated heterocycles. The molecule has 1 N–H and O–H groups in total. The minimum Gasteiger partial charge on any atom is -0.368 e. The van der Waals surface area contributed by atoms with Crippen LogP contribution in [0.2, 0.25) is 0 Å². The van der Waals surface area contributed by atoms with E-state index < -0.39 is 54.0 Å². The van der Waals surface area contributed by atoms with Gasteiger partial charge < -0.3 is 9.84 Å². The van der Waals surface area contributed by atoms with Crippen molar-refractivity contribution in [1.29, 1.82) is 0 Å². The Morgan fingerprint density at radius 1 is 0.552 bits per heavy atom. The van der Waals surface area contributed by atoms with Crippen LogP contribution in [-0.2, 0) is 9.53 Å². The molecule has 0 aromatic carbocycles. The van der Waals surface area contributed by atoms with E-state index in [1.165, 1.54) is 0 Å². The molecule has 3 nitrogen and oxygen atoms in total. The molecular weight excluding hydrogens is 479 g/mol. The highest BCUT2D eigenvalue weighted by Crippen LogP contribution is 2.61. The van der Waals surface area contributed by atoms with Crippen LogP contribution in [0.25, 0.3) is 0 Å². The van der Waals surface area contributed by atoms with Gasteiger partial charge in [0.25, 0.3) is 0 Å². The van der Waals surface area contributed by atoms with E-state index in [-0.39, 0.29) is 0 Å². The van der Waals surface area contributed by atoms with Gasteiger partial charge in [-0.3, -0.25) is 0 Å². The molecule has 174 valence electrons. The average Bonchev–Trinajstić information content (AvgIpc) is 2.42. The minimum atomic E-state index is -8.59. The monoisotopic (exact) mass is 480 g/mol. The van der Waals surface area contributed by atoms with Crippen LogP contribution in [0.4, 0.5) is 74.6 Å². The van der Waals surface area contributed by atoms with Crippen molar-refractivity contribution in [3.63, 3.8) is 0 Å². The van der Waals surface area contributed by atoms with Crippen LogP contribution in [0.3, 0.4) is 0 Å². The highest BCUT2D eigenvalue weighted by molar-refractivity contribution is 5.79. The summed E-state index contributed by atoms with van der Waals surface area (Å²) >= 11 is 0. The molecule has 0 bridgehead atoms. The molecular formula is C9HF17O3. The van der Waals surface area contributed by atoms with Gasteiger partial charge in [0.1, 0.15) is 0 Å². The molecule has 0 amide bonds. The van der Waals surface area contributed by atoms with E-state index in [1.54, 1.807) is 4.74 Å². The Bertz CT molecular complexity index is 627. The maximum Gasteiger partial charge on any atom is 0.575 e. The summed E-state index contributed by atoms with van der Waals surface area (Å²) in [4.78, 5) is 10.3. The number of aliphatic hydroxyl groups is 1. The minimum absolute atomic E-state index is 1.62. The zero-order chi connectivity index (χ0) is 24.3. The second-order valence-corrected chi connectivity index (χ2v) is 4.83. The summed E-state index contributed by atoms with van der Waals surface area (Å²) in [5, 5.41) is 8.13. The van der Waals surface area contributed by atoms with Crippen LogP contribution < -0.4 is 0 Å². The lowest BCUT2D eigenvalue weighted by atomic mass is 9.90. The van der Waals surface area contributed by atoms with E-state index in [0.717, 1.165) is 0 Å². The van der Waals surface area contributed by atoms with E-state index in [0.29, 0.717) is 0 Å².